The first-order valence-electron chi connectivity index (χ1n) is 3.63. The zero-order chi connectivity index (χ0) is 8.32. The second-order valence-electron chi connectivity index (χ2n) is 3.00. The van der Waals surface area contributed by atoms with Gasteiger partial charge in [0.05, 0.1) is 12.7 Å². The molecule has 0 aliphatic carbocycles. The number of rotatable bonds is 1. The summed E-state index contributed by atoms with van der Waals surface area (Å²) in [7, 11) is 0. The van der Waals surface area contributed by atoms with Gasteiger partial charge >= 0.3 is 0 Å². The fraction of sp³-hybridized carbons (Fsp3) is 0.625. The third-order valence-electron chi connectivity index (χ3n) is 1.66. The molecule has 0 saturated carbocycles. The second-order valence-corrected chi connectivity index (χ2v) is 3.00. The van der Waals surface area contributed by atoms with Crippen molar-refractivity contribution in [2.45, 2.75) is 19.4 Å². The maximum absolute atomic E-state index is 8.75. The van der Waals surface area contributed by atoms with E-state index in [4.69, 9.17) is 10.1 Å². The van der Waals surface area contributed by atoms with E-state index in [2.05, 4.69) is 6.07 Å². The average Bonchev–Trinajstić information content (AvgIpc) is 2.06. The summed E-state index contributed by atoms with van der Waals surface area (Å²) in [6.45, 7) is 4.95. The van der Waals surface area contributed by atoms with Gasteiger partial charge in [-0.25, -0.2) is 0 Å². The highest BCUT2D eigenvalue weighted by molar-refractivity contribution is 5.02. The van der Waals surface area contributed by atoms with Crippen LogP contribution in [-0.4, -0.2) is 23.8 Å². The van der Waals surface area contributed by atoms with E-state index in [-0.39, 0.29) is 0 Å². The Bertz CT molecular complexity index is 203. The van der Waals surface area contributed by atoms with Gasteiger partial charge in [-0.3, -0.25) is 4.84 Å². The van der Waals surface area contributed by atoms with E-state index in [0.717, 1.165) is 0 Å². The molecule has 0 unspecified atom stereocenters. The molecule has 0 fully saturated rings. The van der Waals surface area contributed by atoms with Crippen LogP contribution in [0.2, 0.25) is 0 Å². The van der Waals surface area contributed by atoms with E-state index in [1.54, 1.807) is 5.06 Å². The van der Waals surface area contributed by atoms with Gasteiger partial charge in [-0.2, -0.15) is 10.3 Å². The zero-order valence-corrected chi connectivity index (χ0v) is 6.87. The van der Waals surface area contributed by atoms with Crippen molar-refractivity contribution in [3.05, 3.63) is 12.2 Å². The van der Waals surface area contributed by atoms with Gasteiger partial charge in [0, 0.05) is 6.54 Å². The first-order chi connectivity index (χ1) is 5.17. The Hall–Kier alpha value is -0.850. The molecule has 0 aromatic rings. The minimum atomic E-state index is -0.523. The summed E-state index contributed by atoms with van der Waals surface area (Å²) in [5, 5.41) is 10.4. The lowest BCUT2D eigenvalue weighted by atomic mass is 10.1. The molecule has 0 spiro atoms. The average molecular weight is 152 g/mol. The Balaban J connectivity index is 2.61. The first kappa shape index (κ1) is 8.25. The third kappa shape index (κ3) is 1.79. The van der Waals surface area contributed by atoms with E-state index < -0.39 is 5.54 Å². The Morgan fingerprint density at radius 3 is 2.73 bits per heavy atom. The van der Waals surface area contributed by atoms with Crippen molar-refractivity contribution < 1.29 is 4.84 Å². The highest BCUT2D eigenvalue weighted by atomic mass is 16.7. The van der Waals surface area contributed by atoms with E-state index >= 15 is 0 Å². The van der Waals surface area contributed by atoms with Crippen LogP contribution in [-0.2, 0) is 4.84 Å². The van der Waals surface area contributed by atoms with Gasteiger partial charge in [-0.15, -0.1) is 0 Å². The molecule has 0 bridgehead atoms. The van der Waals surface area contributed by atoms with E-state index in [9.17, 15) is 0 Å². The monoisotopic (exact) mass is 152 g/mol. The summed E-state index contributed by atoms with van der Waals surface area (Å²) in [4.78, 5) is 5.26. The van der Waals surface area contributed by atoms with Gasteiger partial charge < -0.3 is 0 Å². The molecule has 1 rings (SSSR count). The minimum absolute atomic E-state index is 0.523. The molecule has 1 aliphatic rings. The van der Waals surface area contributed by atoms with Crippen molar-refractivity contribution in [3.63, 3.8) is 0 Å². The summed E-state index contributed by atoms with van der Waals surface area (Å²) >= 11 is 0. The lowest BCUT2D eigenvalue weighted by Gasteiger charge is -2.32. The molecule has 0 amide bonds. The molecule has 0 N–H and O–H groups in total. The molecule has 0 radical (unpaired) electrons. The number of nitrogens with zero attached hydrogens (tertiary/aromatic N) is 2. The summed E-state index contributed by atoms with van der Waals surface area (Å²) < 4.78 is 0. The van der Waals surface area contributed by atoms with Crippen LogP contribution in [0.4, 0.5) is 0 Å². The van der Waals surface area contributed by atoms with Crippen LogP contribution in [0.1, 0.15) is 13.8 Å². The molecule has 0 aromatic heterocycles. The summed E-state index contributed by atoms with van der Waals surface area (Å²) in [6, 6.07) is 2.18. The highest BCUT2D eigenvalue weighted by Crippen LogP contribution is 2.15. The van der Waals surface area contributed by atoms with Crippen LogP contribution in [0.5, 0.6) is 0 Å². The van der Waals surface area contributed by atoms with E-state index in [1.807, 2.05) is 26.0 Å². The molecule has 1 heterocycles. The van der Waals surface area contributed by atoms with Crippen molar-refractivity contribution in [2.75, 3.05) is 13.2 Å². The summed E-state index contributed by atoms with van der Waals surface area (Å²) in [6.07, 6.45) is 3.95. The van der Waals surface area contributed by atoms with Crippen LogP contribution >= 0.6 is 0 Å². The molecule has 0 saturated heterocycles. The number of hydrogen-bond acceptors (Lipinski definition) is 3. The van der Waals surface area contributed by atoms with Crippen LogP contribution in [0.25, 0.3) is 0 Å². The van der Waals surface area contributed by atoms with E-state index in [1.165, 1.54) is 0 Å². The maximum atomic E-state index is 8.75. The molecule has 0 aromatic carbocycles. The Morgan fingerprint density at radius 2 is 2.27 bits per heavy atom. The molecule has 11 heavy (non-hydrogen) atoms. The zero-order valence-electron chi connectivity index (χ0n) is 6.87. The van der Waals surface area contributed by atoms with Gasteiger partial charge in [0.2, 0.25) is 0 Å². The fourth-order valence-corrected chi connectivity index (χ4v) is 0.869. The molecule has 3 nitrogen and oxygen atoms in total. The van der Waals surface area contributed by atoms with Crippen LogP contribution in [0.15, 0.2) is 12.2 Å². The van der Waals surface area contributed by atoms with E-state index in [0.29, 0.717) is 13.2 Å². The van der Waals surface area contributed by atoms with Gasteiger partial charge in [0.15, 0.2) is 0 Å². The SMILES string of the molecule is CC(C)(C#N)N1CC=CCO1. The number of hydroxylamine groups is 2. The van der Waals surface area contributed by atoms with Gasteiger partial charge in [-0.1, -0.05) is 12.2 Å². The second kappa shape index (κ2) is 3.04. The van der Waals surface area contributed by atoms with Crippen molar-refractivity contribution in [1.82, 2.24) is 5.06 Å². The van der Waals surface area contributed by atoms with Crippen LogP contribution in [0.3, 0.4) is 0 Å². The molecule has 60 valence electrons. The van der Waals surface area contributed by atoms with Crippen molar-refractivity contribution in [1.29, 1.82) is 5.26 Å². The normalized spacial score (nSPS) is 19.7. The lowest BCUT2D eigenvalue weighted by molar-refractivity contribution is -0.188. The Morgan fingerprint density at radius 1 is 1.55 bits per heavy atom. The highest BCUT2D eigenvalue weighted by Gasteiger charge is 2.27. The molecule has 0 atom stereocenters. The van der Waals surface area contributed by atoms with Gasteiger partial charge in [0.25, 0.3) is 0 Å². The van der Waals surface area contributed by atoms with Crippen LogP contribution in [0, 0.1) is 11.3 Å². The molecular formula is C8H12N2O. The molecular weight excluding hydrogens is 140 g/mol. The number of nitriles is 1. The van der Waals surface area contributed by atoms with Gasteiger partial charge in [0.1, 0.15) is 5.54 Å². The lowest BCUT2D eigenvalue weighted by Crippen LogP contribution is -2.44. The fourth-order valence-electron chi connectivity index (χ4n) is 0.869. The molecule has 3 heteroatoms. The van der Waals surface area contributed by atoms with Crippen molar-refractivity contribution >= 4 is 0 Å². The van der Waals surface area contributed by atoms with Crippen molar-refractivity contribution in [2.24, 2.45) is 0 Å². The van der Waals surface area contributed by atoms with Crippen LogP contribution < -0.4 is 0 Å². The third-order valence-corrected chi connectivity index (χ3v) is 1.66. The number of hydrogen-bond donors (Lipinski definition) is 0. The standard InChI is InChI=1S/C8H12N2O/c1-8(2,7-9)10-5-3-4-6-11-10/h3-4H,5-6H2,1-2H3. The summed E-state index contributed by atoms with van der Waals surface area (Å²) in [5.41, 5.74) is -0.523. The largest absolute Gasteiger partial charge is 0.293 e. The Labute approximate surface area is 66.8 Å². The predicted octanol–water partition coefficient (Wildman–Crippen LogP) is 1.09. The predicted molar refractivity (Wildman–Crippen MR) is 41.5 cm³/mol. The smallest absolute Gasteiger partial charge is 0.127 e. The quantitative estimate of drug-likeness (QED) is 0.528. The first-order valence-corrected chi connectivity index (χ1v) is 3.63. The van der Waals surface area contributed by atoms with Gasteiger partial charge in [-0.05, 0) is 13.8 Å². The minimum Gasteiger partial charge on any atom is -0.293 e. The topological polar surface area (TPSA) is 36.3 Å². The summed E-state index contributed by atoms with van der Waals surface area (Å²) in [5.74, 6) is 0. The molecule has 1 aliphatic heterocycles. The Kier molecular flexibility index (Phi) is 2.28. The van der Waals surface area contributed by atoms with Crippen molar-refractivity contribution in [3.8, 4) is 6.07 Å². The maximum Gasteiger partial charge on any atom is 0.127 e.